The van der Waals surface area contributed by atoms with Gasteiger partial charge in [0, 0.05) is 6.54 Å². The molecule has 0 aliphatic carbocycles. The highest BCUT2D eigenvalue weighted by atomic mass is 32.2. The summed E-state index contributed by atoms with van der Waals surface area (Å²) >= 11 is 1.17. The third kappa shape index (κ3) is 5.00. The molecule has 0 fully saturated rings. The van der Waals surface area contributed by atoms with Gasteiger partial charge >= 0.3 is 0 Å². The number of nitrogens with one attached hydrogen (secondary N) is 1. The molecule has 1 N–H and O–H groups in total. The summed E-state index contributed by atoms with van der Waals surface area (Å²) in [6.45, 7) is 5.67. The van der Waals surface area contributed by atoms with Crippen LogP contribution in [-0.2, 0) is 9.59 Å². The van der Waals surface area contributed by atoms with E-state index in [1.807, 2.05) is 30.3 Å². The second kappa shape index (κ2) is 9.34. The third-order valence-corrected chi connectivity index (χ3v) is 5.14. The zero-order valence-corrected chi connectivity index (χ0v) is 16.7. The zero-order valence-electron chi connectivity index (χ0n) is 15.8. The SMILES string of the molecule is C=CCNC(=O)[C@H](C)SC1=N/C(=C\c2ccccc2)C(=O)N1c1ccc(F)cc1. The van der Waals surface area contributed by atoms with Crippen LogP contribution in [0.15, 0.2) is 77.9 Å². The Kier molecular flexibility index (Phi) is 6.61. The molecule has 1 atom stereocenters. The first-order chi connectivity index (χ1) is 14.0. The Morgan fingerprint density at radius 3 is 2.59 bits per heavy atom. The number of amides is 2. The molecule has 0 bridgehead atoms. The van der Waals surface area contributed by atoms with Crippen LogP contribution in [0.4, 0.5) is 10.1 Å². The highest BCUT2D eigenvalue weighted by molar-refractivity contribution is 8.15. The number of aliphatic imine (C=N–C) groups is 1. The van der Waals surface area contributed by atoms with Crippen molar-refractivity contribution in [2.75, 3.05) is 11.4 Å². The molecule has 5 nitrogen and oxygen atoms in total. The fraction of sp³-hybridized carbons (Fsp3) is 0.136. The fourth-order valence-corrected chi connectivity index (χ4v) is 3.58. The highest BCUT2D eigenvalue weighted by Gasteiger charge is 2.34. The summed E-state index contributed by atoms with van der Waals surface area (Å²) in [5, 5.41) is 2.61. The molecular formula is C22H20FN3O2S. The van der Waals surface area contributed by atoms with E-state index in [9.17, 15) is 14.0 Å². The van der Waals surface area contributed by atoms with Gasteiger partial charge in [0.05, 0.1) is 10.9 Å². The molecule has 1 aliphatic heterocycles. The number of halogens is 1. The van der Waals surface area contributed by atoms with Crippen LogP contribution >= 0.6 is 11.8 Å². The van der Waals surface area contributed by atoms with Gasteiger partial charge in [-0.25, -0.2) is 9.38 Å². The van der Waals surface area contributed by atoms with Gasteiger partial charge in [-0.05, 0) is 42.8 Å². The molecule has 0 radical (unpaired) electrons. The van der Waals surface area contributed by atoms with Gasteiger partial charge < -0.3 is 5.32 Å². The van der Waals surface area contributed by atoms with Crippen molar-refractivity contribution in [2.24, 2.45) is 4.99 Å². The van der Waals surface area contributed by atoms with Crippen molar-refractivity contribution < 1.29 is 14.0 Å². The Labute approximate surface area is 173 Å². The van der Waals surface area contributed by atoms with Crippen LogP contribution in [-0.4, -0.2) is 28.8 Å². The van der Waals surface area contributed by atoms with Gasteiger partial charge in [-0.3, -0.25) is 14.5 Å². The van der Waals surface area contributed by atoms with Crippen molar-refractivity contribution in [2.45, 2.75) is 12.2 Å². The van der Waals surface area contributed by atoms with Gasteiger partial charge in [-0.1, -0.05) is 48.2 Å². The molecular weight excluding hydrogens is 389 g/mol. The predicted octanol–water partition coefficient (Wildman–Crippen LogP) is 3.99. The molecule has 148 valence electrons. The van der Waals surface area contributed by atoms with E-state index in [2.05, 4.69) is 16.9 Å². The van der Waals surface area contributed by atoms with Crippen LogP contribution < -0.4 is 10.2 Å². The van der Waals surface area contributed by atoms with Crippen LogP contribution in [0.3, 0.4) is 0 Å². The summed E-state index contributed by atoms with van der Waals surface area (Å²) in [5.74, 6) is -0.921. The largest absolute Gasteiger partial charge is 0.352 e. The lowest BCUT2D eigenvalue weighted by Gasteiger charge is -2.19. The summed E-state index contributed by atoms with van der Waals surface area (Å²) in [6, 6.07) is 15.0. The summed E-state index contributed by atoms with van der Waals surface area (Å²) in [7, 11) is 0. The first kappa shape index (κ1) is 20.5. The molecule has 0 saturated heterocycles. The van der Waals surface area contributed by atoms with E-state index in [-0.39, 0.29) is 17.5 Å². The van der Waals surface area contributed by atoms with E-state index in [0.29, 0.717) is 17.4 Å². The second-order valence-corrected chi connectivity index (χ2v) is 7.55. The van der Waals surface area contributed by atoms with E-state index < -0.39 is 11.1 Å². The van der Waals surface area contributed by atoms with E-state index in [0.717, 1.165) is 5.56 Å². The van der Waals surface area contributed by atoms with Crippen molar-refractivity contribution >= 4 is 40.5 Å². The Morgan fingerprint density at radius 1 is 1.24 bits per heavy atom. The maximum Gasteiger partial charge on any atom is 0.283 e. The van der Waals surface area contributed by atoms with Crippen molar-refractivity contribution in [3.63, 3.8) is 0 Å². The summed E-state index contributed by atoms with van der Waals surface area (Å²) < 4.78 is 13.4. The maximum absolute atomic E-state index is 13.4. The first-order valence-electron chi connectivity index (χ1n) is 9.00. The number of rotatable bonds is 6. The van der Waals surface area contributed by atoms with Crippen molar-refractivity contribution in [3.8, 4) is 0 Å². The van der Waals surface area contributed by atoms with Gasteiger partial charge in [-0.2, -0.15) is 0 Å². The Bertz CT molecular complexity index is 971. The molecule has 0 aromatic heterocycles. The van der Waals surface area contributed by atoms with Gasteiger partial charge in [0.1, 0.15) is 11.5 Å². The lowest BCUT2D eigenvalue weighted by Crippen LogP contribution is -2.35. The topological polar surface area (TPSA) is 61.8 Å². The third-order valence-electron chi connectivity index (χ3n) is 4.09. The zero-order chi connectivity index (χ0) is 20.8. The Balaban J connectivity index is 1.92. The molecule has 0 unspecified atom stereocenters. The van der Waals surface area contributed by atoms with Gasteiger partial charge in [0.2, 0.25) is 5.91 Å². The van der Waals surface area contributed by atoms with E-state index in [1.54, 1.807) is 19.1 Å². The van der Waals surface area contributed by atoms with Crippen LogP contribution in [0.1, 0.15) is 12.5 Å². The Morgan fingerprint density at radius 2 is 1.93 bits per heavy atom. The number of nitrogens with zero attached hydrogens (tertiary/aromatic N) is 2. The number of benzene rings is 2. The number of hydrogen-bond acceptors (Lipinski definition) is 4. The highest BCUT2D eigenvalue weighted by Crippen LogP contribution is 2.31. The number of anilines is 1. The van der Waals surface area contributed by atoms with Gasteiger partial charge in [-0.15, -0.1) is 6.58 Å². The van der Waals surface area contributed by atoms with E-state index >= 15 is 0 Å². The lowest BCUT2D eigenvalue weighted by atomic mass is 10.2. The number of amidine groups is 1. The average Bonchev–Trinajstić information content (AvgIpc) is 3.02. The van der Waals surface area contributed by atoms with Crippen molar-refractivity contribution in [3.05, 3.63) is 84.3 Å². The molecule has 2 aromatic carbocycles. The van der Waals surface area contributed by atoms with Crippen LogP contribution in [0.25, 0.3) is 6.08 Å². The first-order valence-corrected chi connectivity index (χ1v) is 9.88. The molecule has 7 heteroatoms. The molecule has 0 saturated carbocycles. The lowest BCUT2D eigenvalue weighted by molar-refractivity contribution is -0.120. The summed E-state index contributed by atoms with van der Waals surface area (Å²) in [4.78, 5) is 31.1. The van der Waals surface area contributed by atoms with Crippen LogP contribution in [0.2, 0.25) is 0 Å². The minimum atomic E-state index is -0.486. The van der Waals surface area contributed by atoms with Crippen LogP contribution in [0.5, 0.6) is 0 Å². The maximum atomic E-state index is 13.4. The molecule has 1 heterocycles. The van der Waals surface area contributed by atoms with E-state index in [4.69, 9.17) is 0 Å². The second-order valence-electron chi connectivity index (χ2n) is 6.25. The number of thioether (sulfide) groups is 1. The fourth-order valence-electron chi connectivity index (χ4n) is 2.63. The summed E-state index contributed by atoms with van der Waals surface area (Å²) in [5.41, 5.74) is 1.57. The van der Waals surface area contributed by atoms with Crippen molar-refractivity contribution in [1.29, 1.82) is 0 Å². The van der Waals surface area contributed by atoms with Crippen LogP contribution in [0, 0.1) is 5.82 Å². The quantitative estimate of drug-likeness (QED) is 0.580. The average molecular weight is 409 g/mol. The standard InChI is InChI=1S/C22H20FN3O2S/c1-3-13-24-20(27)15(2)29-22-25-19(14-16-7-5-4-6-8-16)21(28)26(22)18-11-9-17(23)10-12-18/h3-12,14-15H,1,13H2,2H3,(H,24,27)/b19-14-/t15-/m0/s1. The van der Waals surface area contributed by atoms with Gasteiger partial charge in [0.25, 0.3) is 5.91 Å². The molecule has 0 spiro atoms. The van der Waals surface area contributed by atoms with Crippen molar-refractivity contribution in [1.82, 2.24) is 5.32 Å². The summed E-state index contributed by atoms with van der Waals surface area (Å²) in [6.07, 6.45) is 3.28. The minimum Gasteiger partial charge on any atom is -0.352 e. The number of carbonyl (C=O) groups excluding carboxylic acids is 2. The smallest absolute Gasteiger partial charge is 0.283 e. The van der Waals surface area contributed by atoms with Gasteiger partial charge in [0.15, 0.2) is 5.17 Å². The molecule has 29 heavy (non-hydrogen) atoms. The normalized spacial score (nSPS) is 15.9. The van der Waals surface area contributed by atoms with E-state index in [1.165, 1.54) is 40.9 Å². The molecule has 2 aromatic rings. The number of carbonyl (C=O) groups is 2. The number of hydrogen-bond donors (Lipinski definition) is 1. The predicted molar refractivity (Wildman–Crippen MR) is 116 cm³/mol. The Hall–Kier alpha value is -3.19. The molecule has 2 amide bonds. The monoisotopic (exact) mass is 409 g/mol. The molecule has 3 rings (SSSR count). The minimum absolute atomic E-state index is 0.190. The molecule has 1 aliphatic rings.